The Morgan fingerprint density at radius 1 is 1.31 bits per heavy atom. The highest BCUT2D eigenvalue weighted by Crippen LogP contribution is 2.21. The van der Waals surface area contributed by atoms with Crippen LogP contribution >= 0.6 is 0 Å². The fourth-order valence-corrected chi connectivity index (χ4v) is 0.965. The van der Waals surface area contributed by atoms with E-state index in [0.29, 0.717) is 0 Å². The summed E-state index contributed by atoms with van der Waals surface area (Å²) in [6.45, 7) is 6.65. The molecule has 1 N–H and O–H groups in total. The lowest BCUT2D eigenvalue weighted by Crippen LogP contribution is -2.19. The van der Waals surface area contributed by atoms with Crippen LogP contribution in [-0.4, -0.2) is 17.8 Å². The molecule has 0 aromatic carbocycles. The summed E-state index contributed by atoms with van der Waals surface area (Å²) in [4.78, 5) is 2.64. The zero-order valence-electron chi connectivity index (χ0n) is 9.98. The van der Waals surface area contributed by atoms with Crippen LogP contribution < -0.4 is 4.74 Å². The van der Waals surface area contributed by atoms with Crippen molar-refractivity contribution < 1.29 is 17.9 Å². The van der Waals surface area contributed by atoms with Gasteiger partial charge in [-0.1, -0.05) is 27.7 Å². The van der Waals surface area contributed by atoms with Gasteiger partial charge in [0.2, 0.25) is 0 Å². The van der Waals surface area contributed by atoms with E-state index in [2.05, 4.69) is 9.72 Å². The topological polar surface area (TPSA) is 25.0 Å². The molecule has 0 radical (unpaired) electrons. The summed E-state index contributed by atoms with van der Waals surface area (Å²) in [6.07, 6.45) is -2.64. The number of ether oxygens (including phenoxy) is 1. The standard InChI is InChI=1S/C9H12F3NO.C2H6/c1-6(2)7-3-8(13-4-7)14-5-9(10,11)12;1-2/h3-4,6,13H,5H2,1-2H3;1-2H3. The molecule has 0 aliphatic heterocycles. The van der Waals surface area contributed by atoms with E-state index in [0.717, 1.165) is 5.56 Å². The minimum Gasteiger partial charge on any atom is -0.469 e. The summed E-state index contributed by atoms with van der Waals surface area (Å²) in [5.41, 5.74) is 0.933. The average molecular weight is 237 g/mol. The van der Waals surface area contributed by atoms with Gasteiger partial charge in [0, 0.05) is 12.3 Å². The number of H-pyrrole nitrogens is 1. The average Bonchev–Trinajstić information content (AvgIpc) is 2.65. The van der Waals surface area contributed by atoms with Crippen LogP contribution in [0.4, 0.5) is 13.2 Å². The molecule has 0 fully saturated rings. The molecule has 1 heterocycles. The minimum atomic E-state index is -4.29. The maximum absolute atomic E-state index is 11.8. The summed E-state index contributed by atoms with van der Waals surface area (Å²) in [6, 6.07) is 1.58. The van der Waals surface area contributed by atoms with Crippen LogP contribution in [0.3, 0.4) is 0 Å². The first-order chi connectivity index (χ1) is 7.38. The first kappa shape index (κ1) is 14.9. The molecule has 94 valence electrons. The molecule has 0 spiro atoms. The Kier molecular flexibility index (Phi) is 6.00. The first-order valence-electron chi connectivity index (χ1n) is 5.26. The first-order valence-corrected chi connectivity index (χ1v) is 5.26. The smallest absolute Gasteiger partial charge is 0.422 e. The maximum Gasteiger partial charge on any atom is 0.422 e. The summed E-state index contributed by atoms with van der Waals surface area (Å²) in [7, 11) is 0. The molecule has 0 aliphatic carbocycles. The maximum atomic E-state index is 11.8. The van der Waals surface area contributed by atoms with Crippen molar-refractivity contribution in [1.29, 1.82) is 0 Å². The number of nitrogens with one attached hydrogen (secondary N) is 1. The molecular formula is C11H18F3NO. The van der Waals surface area contributed by atoms with Crippen LogP contribution in [0.1, 0.15) is 39.2 Å². The number of alkyl halides is 3. The van der Waals surface area contributed by atoms with Crippen molar-refractivity contribution >= 4 is 0 Å². The Balaban J connectivity index is 0.00000106. The Bertz CT molecular complexity index is 292. The van der Waals surface area contributed by atoms with Gasteiger partial charge in [-0.3, -0.25) is 0 Å². The third-order valence-electron chi connectivity index (χ3n) is 1.74. The van der Waals surface area contributed by atoms with E-state index in [-0.39, 0.29) is 11.8 Å². The molecule has 0 saturated heterocycles. The highest BCUT2D eigenvalue weighted by Gasteiger charge is 2.28. The van der Waals surface area contributed by atoms with Crippen molar-refractivity contribution in [2.24, 2.45) is 0 Å². The monoisotopic (exact) mass is 237 g/mol. The second-order valence-corrected chi connectivity index (χ2v) is 3.36. The van der Waals surface area contributed by atoms with Gasteiger partial charge in [-0.15, -0.1) is 0 Å². The number of aromatic amines is 1. The summed E-state index contributed by atoms with van der Waals surface area (Å²) >= 11 is 0. The molecule has 1 aromatic heterocycles. The molecule has 0 atom stereocenters. The molecule has 16 heavy (non-hydrogen) atoms. The van der Waals surface area contributed by atoms with Crippen molar-refractivity contribution in [2.45, 2.75) is 39.8 Å². The predicted octanol–water partition coefficient (Wildman–Crippen LogP) is 4.11. The van der Waals surface area contributed by atoms with E-state index in [1.165, 1.54) is 0 Å². The van der Waals surface area contributed by atoms with Gasteiger partial charge in [0.25, 0.3) is 0 Å². The molecule has 0 aliphatic rings. The number of hydrogen-bond donors (Lipinski definition) is 1. The van der Waals surface area contributed by atoms with Gasteiger partial charge in [-0.2, -0.15) is 13.2 Å². The van der Waals surface area contributed by atoms with E-state index < -0.39 is 12.8 Å². The second kappa shape index (κ2) is 6.45. The SMILES string of the molecule is CC.CC(C)c1c[nH]c(OCC(F)(F)F)c1. The zero-order valence-corrected chi connectivity index (χ0v) is 9.98. The van der Waals surface area contributed by atoms with E-state index in [1.54, 1.807) is 12.3 Å². The number of aromatic nitrogens is 1. The lowest BCUT2D eigenvalue weighted by Gasteiger charge is -2.06. The second-order valence-electron chi connectivity index (χ2n) is 3.36. The van der Waals surface area contributed by atoms with Crippen LogP contribution in [0.15, 0.2) is 12.3 Å². The molecule has 2 nitrogen and oxygen atoms in total. The van der Waals surface area contributed by atoms with Crippen LogP contribution in [0, 0.1) is 0 Å². The van der Waals surface area contributed by atoms with Crippen LogP contribution in [0.25, 0.3) is 0 Å². The van der Waals surface area contributed by atoms with Gasteiger partial charge in [0.1, 0.15) is 0 Å². The quantitative estimate of drug-likeness (QED) is 0.840. The molecule has 0 saturated carbocycles. The van der Waals surface area contributed by atoms with Gasteiger partial charge in [-0.05, 0) is 11.5 Å². The van der Waals surface area contributed by atoms with Gasteiger partial charge >= 0.3 is 6.18 Å². The van der Waals surface area contributed by atoms with Gasteiger partial charge in [0.05, 0.1) is 0 Å². The zero-order chi connectivity index (χ0) is 12.8. The fourth-order valence-electron chi connectivity index (χ4n) is 0.965. The lowest BCUT2D eigenvalue weighted by molar-refractivity contribution is -0.154. The summed E-state index contributed by atoms with van der Waals surface area (Å²) in [5, 5.41) is 0. The highest BCUT2D eigenvalue weighted by atomic mass is 19.4. The third-order valence-corrected chi connectivity index (χ3v) is 1.74. The van der Waals surface area contributed by atoms with Crippen molar-refractivity contribution in [3.63, 3.8) is 0 Å². The lowest BCUT2D eigenvalue weighted by atomic mass is 10.1. The number of halogens is 3. The molecule has 0 bridgehead atoms. The van der Waals surface area contributed by atoms with E-state index in [4.69, 9.17) is 0 Å². The largest absolute Gasteiger partial charge is 0.469 e. The van der Waals surface area contributed by atoms with E-state index in [9.17, 15) is 13.2 Å². The van der Waals surface area contributed by atoms with Crippen LogP contribution in [0.5, 0.6) is 5.88 Å². The number of rotatable bonds is 3. The Labute approximate surface area is 93.8 Å². The van der Waals surface area contributed by atoms with Crippen LogP contribution in [-0.2, 0) is 0 Å². The fraction of sp³-hybridized carbons (Fsp3) is 0.636. The molecule has 1 rings (SSSR count). The highest BCUT2D eigenvalue weighted by molar-refractivity contribution is 5.23. The van der Waals surface area contributed by atoms with Gasteiger partial charge in [0.15, 0.2) is 12.5 Å². The summed E-state index contributed by atoms with van der Waals surface area (Å²) < 4.78 is 39.8. The normalized spacial score (nSPS) is 11.0. The summed E-state index contributed by atoms with van der Waals surface area (Å²) in [5.74, 6) is 0.431. The molecular weight excluding hydrogens is 219 g/mol. The van der Waals surface area contributed by atoms with Gasteiger partial charge < -0.3 is 9.72 Å². The predicted molar refractivity (Wildman–Crippen MR) is 57.8 cm³/mol. The van der Waals surface area contributed by atoms with Gasteiger partial charge in [-0.25, -0.2) is 0 Å². The molecule has 5 heteroatoms. The van der Waals surface area contributed by atoms with E-state index in [1.807, 2.05) is 27.7 Å². The van der Waals surface area contributed by atoms with Crippen molar-refractivity contribution in [3.8, 4) is 5.88 Å². The third kappa shape index (κ3) is 5.68. The number of hydrogen-bond acceptors (Lipinski definition) is 1. The Morgan fingerprint density at radius 3 is 2.25 bits per heavy atom. The Morgan fingerprint density at radius 2 is 1.88 bits per heavy atom. The molecule has 0 unspecified atom stereocenters. The van der Waals surface area contributed by atoms with Crippen LogP contribution in [0.2, 0.25) is 0 Å². The van der Waals surface area contributed by atoms with Crippen molar-refractivity contribution in [1.82, 2.24) is 4.98 Å². The Hall–Kier alpha value is -1.13. The van der Waals surface area contributed by atoms with Crippen molar-refractivity contribution in [3.05, 3.63) is 17.8 Å². The molecule has 1 aromatic rings. The van der Waals surface area contributed by atoms with Crippen molar-refractivity contribution in [2.75, 3.05) is 6.61 Å². The van der Waals surface area contributed by atoms with E-state index >= 15 is 0 Å². The molecule has 0 amide bonds. The minimum absolute atomic E-state index is 0.158.